The summed E-state index contributed by atoms with van der Waals surface area (Å²) in [4.78, 5) is 14.1. The number of nitrogens with zero attached hydrogens (tertiary/aromatic N) is 1. The first-order valence-corrected chi connectivity index (χ1v) is 6.64. The van der Waals surface area contributed by atoms with Gasteiger partial charge in [-0.05, 0) is 39.3 Å². The summed E-state index contributed by atoms with van der Waals surface area (Å²) in [5, 5.41) is 0. The first-order chi connectivity index (χ1) is 8.85. The lowest BCUT2D eigenvalue weighted by Crippen LogP contribution is -2.41. The van der Waals surface area contributed by atoms with Gasteiger partial charge in [-0.1, -0.05) is 13.0 Å². The van der Waals surface area contributed by atoms with Crippen molar-refractivity contribution in [3.8, 4) is 0 Å². The predicted octanol–water partition coefficient (Wildman–Crippen LogP) is 3.07. The van der Waals surface area contributed by atoms with Crippen molar-refractivity contribution in [3.05, 3.63) is 23.8 Å². The topological polar surface area (TPSA) is 55.6 Å². The number of para-hydroxylation sites is 1. The molecule has 1 aromatic rings. The Balaban J connectivity index is 3.29. The van der Waals surface area contributed by atoms with E-state index < -0.39 is 0 Å². The highest BCUT2D eigenvalue weighted by Gasteiger charge is 2.27. The Morgan fingerprint density at radius 2 is 2.00 bits per heavy atom. The summed E-state index contributed by atoms with van der Waals surface area (Å²) in [5.41, 5.74) is 7.83. The molecule has 0 amide bonds. The summed E-state index contributed by atoms with van der Waals surface area (Å²) in [7, 11) is 1.96. The van der Waals surface area contributed by atoms with Gasteiger partial charge >= 0.3 is 5.97 Å². The third-order valence-electron chi connectivity index (χ3n) is 3.67. The Morgan fingerprint density at radius 1 is 1.37 bits per heavy atom. The van der Waals surface area contributed by atoms with Crippen LogP contribution in [0.4, 0.5) is 11.4 Å². The fourth-order valence-corrected chi connectivity index (χ4v) is 1.85. The van der Waals surface area contributed by atoms with Crippen molar-refractivity contribution < 1.29 is 9.53 Å². The first kappa shape index (κ1) is 15.3. The zero-order valence-corrected chi connectivity index (χ0v) is 12.5. The van der Waals surface area contributed by atoms with E-state index in [-0.39, 0.29) is 11.5 Å². The van der Waals surface area contributed by atoms with Crippen LogP contribution in [0.25, 0.3) is 0 Å². The van der Waals surface area contributed by atoms with Gasteiger partial charge in [0.2, 0.25) is 0 Å². The number of hydrogen-bond acceptors (Lipinski definition) is 4. The molecule has 0 spiro atoms. The molecule has 0 atom stereocenters. The lowest BCUT2D eigenvalue weighted by molar-refractivity contribution is 0.0527. The summed E-state index contributed by atoms with van der Waals surface area (Å²) < 4.78 is 5.10. The fourth-order valence-electron chi connectivity index (χ4n) is 1.85. The average molecular weight is 264 g/mol. The number of esters is 1. The van der Waals surface area contributed by atoms with E-state index in [1.165, 1.54) is 0 Å². The summed E-state index contributed by atoms with van der Waals surface area (Å²) in [6.07, 6.45) is 0.945. The molecule has 4 heteroatoms. The van der Waals surface area contributed by atoms with E-state index in [0.717, 1.165) is 12.1 Å². The van der Waals surface area contributed by atoms with E-state index in [2.05, 4.69) is 25.7 Å². The van der Waals surface area contributed by atoms with E-state index in [1.54, 1.807) is 25.1 Å². The van der Waals surface area contributed by atoms with Gasteiger partial charge in [-0.25, -0.2) is 4.79 Å². The number of anilines is 2. The molecule has 4 nitrogen and oxygen atoms in total. The minimum atomic E-state index is -0.330. The average Bonchev–Trinajstić information content (AvgIpc) is 2.37. The van der Waals surface area contributed by atoms with Crippen LogP contribution in [0, 0.1) is 0 Å². The van der Waals surface area contributed by atoms with Gasteiger partial charge in [0, 0.05) is 12.6 Å². The van der Waals surface area contributed by atoms with Crippen LogP contribution in [0.3, 0.4) is 0 Å². The highest BCUT2D eigenvalue weighted by molar-refractivity contribution is 5.99. The molecular formula is C15H24N2O2. The second-order valence-electron chi connectivity index (χ2n) is 5.19. The number of carbonyl (C=O) groups is 1. The second-order valence-corrected chi connectivity index (χ2v) is 5.19. The summed E-state index contributed by atoms with van der Waals surface area (Å²) in [5.74, 6) is -0.330. The van der Waals surface area contributed by atoms with Crippen LogP contribution < -0.4 is 10.6 Å². The normalized spacial score (nSPS) is 11.2. The molecule has 19 heavy (non-hydrogen) atoms. The standard InChI is InChI=1S/C15H24N2O2/c1-6-15(3,4)17(5)13-11(14(18)19-7-2)9-8-10-12(13)16/h8-10H,6-7,16H2,1-5H3. The zero-order chi connectivity index (χ0) is 14.6. The van der Waals surface area contributed by atoms with Gasteiger partial charge in [0.15, 0.2) is 0 Å². The van der Waals surface area contributed by atoms with E-state index in [1.807, 2.05) is 7.05 Å². The third-order valence-corrected chi connectivity index (χ3v) is 3.67. The number of carbonyl (C=O) groups excluding carboxylic acids is 1. The molecule has 106 valence electrons. The number of nitrogen functional groups attached to an aromatic ring is 1. The molecule has 0 aliphatic heterocycles. The maximum atomic E-state index is 12.0. The van der Waals surface area contributed by atoms with Crippen LogP contribution in [0.1, 0.15) is 44.5 Å². The number of rotatable bonds is 5. The first-order valence-electron chi connectivity index (χ1n) is 6.64. The lowest BCUT2D eigenvalue weighted by Gasteiger charge is -2.38. The van der Waals surface area contributed by atoms with Gasteiger partial charge in [-0.15, -0.1) is 0 Å². The molecule has 0 aliphatic carbocycles. The molecule has 0 unspecified atom stereocenters. The van der Waals surface area contributed by atoms with E-state index in [9.17, 15) is 4.79 Å². The molecule has 0 aliphatic rings. The van der Waals surface area contributed by atoms with Crippen molar-refractivity contribution in [2.24, 2.45) is 0 Å². The lowest BCUT2D eigenvalue weighted by atomic mass is 9.97. The molecular weight excluding hydrogens is 240 g/mol. The minimum absolute atomic E-state index is 0.0866. The molecule has 1 aromatic carbocycles. The minimum Gasteiger partial charge on any atom is -0.462 e. The molecule has 0 saturated heterocycles. The van der Waals surface area contributed by atoms with E-state index in [4.69, 9.17) is 10.5 Å². The van der Waals surface area contributed by atoms with Crippen LogP contribution >= 0.6 is 0 Å². The number of nitrogens with two attached hydrogens (primary N) is 1. The van der Waals surface area contributed by atoms with Crippen molar-refractivity contribution >= 4 is 17.3 Å². The molecule has 0 bridgehead atoms. The quantitative estimate of drug-likeness (QED) is 0.656. The second kappa shape index (κ2) is 5.95. The molecule has 0 fully saturated rings. The van der Waals surface area contributed by atoms with Crippen LogP contribution in [-0.2, 0) is 4.74 Å². The number of ether oxygens (including phenoxy) is 1. The molecule has 0 saturated carbocycles. The Morgan fingerprint density at radius 3 is 2.53 bits per heavy atom. The number of hydrogen-bond donors (Lipinski definition) is 1. The highest BCUT2D eigenvalue weighted by atomic mass is 16.5. The zero-order valence-electron chi connectivity index (χ0n) is 12.5. The van der Waals surface area contributed by atoms with Crippen molar-refractivity contribution in [3.63, 3.8) is 0 Å². The molecule has 2 N–H and O–H groups in total. The van der Waals surface area contributed by atoms with Crippen molar-refractivity contribution in [2.45, 2.75) is 39.7 Å². The van der Waals surface area contributed by atoms with Gasteiger partial charge < -0.3 is 15.4 Å². The van der Waals surface area contributed by atoms with Crippen LogP contribution in [0.2, 0.25) is 0 Å². The Bertz CT molecular complexity index is 455. The van der Waals surface area contributed by atoms with E-state index in [0.29, 0.717) is 17.9 Å². The number of benzene rings is 1. The smallest absolute Gasteiger partial charge is 0.340 e. The van der Waals surface area contributed by atoms with Crippen LogP contribution in [0.5, 0.6) is 0 Å². The maximum absolute atomic E-state index is 12.0. The van der Waals surface area contributed by atoms with Gasteiger partial charge in [0.05, 0.1) is 23.5 Å². The summed E-state index contributed by atoms with van der Waals surface area (Å²) in [6.45, 7) is 8.50. The van der Waals surface area contributed by atoms with Crippen LogP contribution in [0.15, 0.2) is 18.2 Å². The Labute approximate surface area is 115 Å². The van der Waals surface area contributed by atoms with E-state index >= 15 is 0 Å². The summed E-state index contributed by atoms with van der Waals surface area (Å²) in [6, 6.07) is 5.34. The maximum Gasteiger partial charge on any atom is 0.340 e. The van der Waals surface area contributed by atoms with Gasteiger partial charge in [-0.2, -0.15) is 0 Å². The molecule has 0 heterocycles. The monoisotopic (exact) mass is 264 g/mol. The van der Waals surface area contributed by atoms with Gasteiger partial charge in [0.25, 0.3) is 0 Å². The van der Waals surface area contributed by atoms with Gasteiger partial charge in [0.1, 0.15) is 0 Å². The Hall–Kier alpha value is -1.71. The predicted molar refractivity (Wildman–Crippen MR) is 79.6 cm³/mol. The third kappa shape index (κ3) is 3.19. The summed E-state index contributed by atoms with van der Waals surface area (Å²) >= 11 is 0. The van der Waals surface area contributed by atoms with Crippen LogP contribution in [-0.4, -0.2) is 25.2 Å². The highest BCUT2D eigenvalue weighted by Crippen LogP contribution is 2.33. The SMILES string of the molecule is CCOC(=O)c1cccc(N)c1N(C)C(C)(C)CC. The van der Waals surface area contributed by atoms with Crippen molar-refractivity contribution in [1.29, 1.82) is 0 Å². The molecule has 0 radical (unpaired) electrons. The van der Waals surface area contributed by atoms with Crippen molar-refractivity contribution in [1.82, 2.24) is 0 Å². The Kier molecular flexibility index (Phi) is 4.81. The van der Waals surface area contributed by atoms with Crippen molar-refractivity contribution in [2.75, 3.05) is 24.3 Å². The van der Waals surface area contributed by atoms with Gasteiger partial charge in [-0.3, -0.25) is 0 Å². The largest absolute Gasteiger partial charge is 0.462 e. The molecule has 1 rings (SSSR count). The fraction of sp³-hybridized carbons (Fsp3) is 0.533. The molecule has 0 aromatic heterocycles.